The minimum Gasteiger partial charge on any atom is -0.394 e. The highest BCUT2D eigenvalue weighted by Crippen LogP contribution is 2.26. The summed E-state index contributed by atoms with van der Waals surface area (Å²) in [6, 6.07) is 16.2. The quantitative estimate of drug-likeness (QED) is 0.274. The number of rotatable bonds is 8. The number of H-pyrrole nitrogens is 1. The summed E-state index contributed by atoms with van der Waals surface area (Å²) in [6.45, 7) is 3.58. The summed E-state index contributed by atoms with van der Waals surface area (Å²) in [5.41, 5.74) is 6.04. The zero-order chi connectivity index (χ0) is 24.1. The fourth-order valence-corrected chi connectivity index (χ4v) is 3.72. The summed E-state index contributed by atoms with van der Waals surface area (Å²) in [7, 11) is 0. The molecule has 4 rings (SSSR count). The van der Waals surface area contributed by atoms with Gasteiger partial charge in [0.15, 0.2) is 0 Å². The van der Waals surface area contributed by atoms with Gasteiger partial charge in [-0.3, -0.25) is 4.79 Å². The van der Waals surface area contributed by atoms with E-state index in [1.807, 2.05) is 62.4 Å². The molecule has 0 spiro atoms. The Hall–Kier alpha value is -4.01. The highest BCUT2D eigenvalue weighted by Gasteiger charge is 2.18. The Balaban J connectivity index is 1.54. The zero-order valence-corrected chi connectivity index (χ0v) is 19.0. The molecule has 8 heteroatoms. The number of aromatic amines is 1. The van der Waals surface area contributed by atoms with Crippen LogP contribution in [-0.4, -0.2) is 37.7 Å². The van der Waals surface area contributed by atoms with Gasteiger partial charge in [-0.15, -0.1) is 0 Å². The van der Waals surface area contributed by atoms with Crippen LogP contribution in [0.15, 0.2) is 67.0 Å². The standard InChI is InChI=1S/C26H27N5O3/c1-16-12-28-26(30-21-10-6-9-19(14-32)17(21)2)31-24(16)20-11-22(27-13-20)25(34)29-23(15-33)18-7-4-3-5-8-18/h3-13,23,27,32-33H,14-15H2,1-2H3,(H,29,34)(H,28,30,31)/t23-/m1/s1. The molecule has 0 bridgehead atoms. The van der Waals surface area contributed by atoms with Crippen molar-refractivity contribution in [3.05, 3.63) is 94.9 Å². The molecule has 8 nitrogen and oxygen atoms in total. The molecule has 0 fully saturated rings. The van der Waals surface area contributed by atoms with Gasteiger partial charge < -0.3 is 25.8 Å². The van der Waals surface area contributed by atoms with E-state index >= 15 is 0 Å². The van der Waals surface area contributed by atoms with Gasteiger partial charge in [-0.2, -0.15) is 0 Å². The lowest BCUT2D eigenvalue weighted by atomic mass is 10.1. The molecule has 4 aromatic rings. The number of aromatic nitrogens is 3. The third-order valence-electron chi connectivity index (χ3n) is 5.73. The van der Waals surface area contributed by atoms with E-state index in [2.05, 4.69) is 25.6 Å². The molecule has 0 saturated heterocycles. The Bertz CT molecular complexity index is 1290. The second kappa shape index (κ2) is 10.3. The van der Waals surface area contributed by atoms with Crippen LogP contribution in [0.1, 0.15) is 38.8 Å². The van der Waals surface area contributed by atoms with Crippen molar-refractivity contribution in [3.8, 4) is 11.3 Å². The van der Waals surface area contributed by atoms with Crippen molar-refractivity contribution in [1.82, 2.24) is 20.3 Å². The summed E-state index contributed by atoms with van der Waals surface area (Å²) in [5.74, 6) is 0.0890. The van der Waals surface area contributed by atoms with Crippen LogP contribution in [0.2, 0.25) is 0 Å². The first-order valence-corrected chi connectivity index (χ1v) is 11.0. The number of hydrogen-bond acceptors (Lipinski definition) is 6. The normalized spacial score (nSPS) is 11.8. The van der Waals surface area contributed by atoms with Gasteiger partial charge >= 0.3 is 0 Å². The molecule has 0 aliphatic heterocycles. The zero-order valence-electron chi connectivity index (χ0n) is 19.0. The Kier molecular flexibility index (Phi) is 7.01. The van der Waals surface area contributed by atoms with E-state index in [4.69, 9.17) is 0 Å². The third-order valence-corrected chi connectivity index (χ3v) is 5.73. The minimum atomic E-state index is -0.505. The van der Waals surface area contributed by atoms with E-state index in [9.17, 15) is 15.0 Å². The maximum Gasteiger partial charge on any atom is 0.268 e. The number of aliphatic hydroxyl groups excluding tert-OH is 2. The van der Waals surface area contributed by atoms with Gasteiger partial charge in [-0.05, 0) is 48.2 Å². The first-order valence-electron chi connectivity index (χ1n) is 11.0. The lowest BCUT2D eigenvalue weighted by Crippen LogP contribution is -2.30. The van der Waals surface area contributed by atoms with Crippen LogP contribution < -0.4 is 10.6 Å². The van der Waals surface area contributed by atoms with Gasteiger partial charge in [0.05, 0.1) is 24.9 Å². The Morgan fingerprint density at radius 3 is 2.62 bits per heavy atom. The number of hydrogen-bond donors (Lipinski definition) is 5. The molecule has 1 atom stereocenters. The fraction of sp³-hybridized carbons (Fsp3) is 0.192. The van der Waals surface area contributed by atoms with E-state index in [1.54, 1.807) is 18.5 Å². The molecular weight excluding hydrogens is 430 g/mol. The molecule has 0 aliphatic carbocycles. The van der Waals surface area contributed by atoms with Gasteiger partial charge in [0.25, 0.3) is 5.91 Å². The van der Waals surface area contributed by atoms with Gasteiger partial charge in [-0.25, -0.2) is 9.97 Å². The number of nitrogens with zero attached hydrogens (tertiary/aromatic N) is 2. The highest BCUT2D eigenvalue weighted by atomic mass is 16.3. The molecule has 2 heterocycles. The fourth-order valence-electron chi connectivity index (χ4n) is 3.72. The van der Waals surface area contributed by atoms with Crippen LogP contribution in [0.5, 0.6) is 0 Å². The van der Waals surface area contributed by atoms with E-state index in [-0.39, 0.29) is 19.1 Å². The average molecular weight is 458 g/mol. The van der Waals surface area contributed by atoms with Crippen molar-refractivity contribution in [2.45, 2.75) is 26.5 Å². The predicted molar refractivity (Wildman–Crippen MR) is 131 cm³/mol. The first-order chi connectivity index (χ1) is 16.5. The van der Waals surface area contributed by atoms with Crippen molar-refractivity contribution in [1.29, 1.82) is 0 Å². The number of anilines is 2. The second-order valence-corrected chi connectivity index (χ2v) is 8.02. The lowest BCUT2D eigenvalue weighted by Gasteiger charge is -2.16. The van der Waals surface area contributed by atoms with Crippen LogP contribution in [0.4, 0.5) is 11.6 Å². The number of benzene rings is 2. The third kappa shape index (κ3) is 4.98. The van der Waals surface area contributed by atoms with Crippen molar-refractivity contribution >= 4 is 17.5 Å². The van der Waals surface area contributed by atoms with Crippen molar-refractivity contribution in [2.75, 3.05) is 11.9 Å². The summed E-state index contributed by atoms with van der Waals surface area (Å²) in [4.78, 5) is 24.8. The maximum absolute atomic E-state index is 12.8. The predicted octanol–water partition coefficient (Wildman–Crippen LogP) is 3.79. The van der Waals surface area contributed by atoms with Crippen molar-refractivity contribution < 1.29 is 15.0 Å². The Morgan fingerprint density at radius 2 is 1.88 bits per heavy atom. The molecule has 1 amide bonds. The van der Waals surface area contributed by atoms with Gasteiger partial charge in [0.2, 0.25) is 5.95 Å². The Labute approximate surface area is 197 Å². The largest absolute Gasteiger partial charge is 0.394 e. The second-order valence-electron chi connectivity index (χ2n) is 8.02. The number of aryl methyl sites for hydroxylation is 1. The maximum atomic E-state index is 12.8. The SMILES string of the molecule is Cc1cnc(Nc2cccc(CO)c2C)nc1-c1c[nH]c(C(=O)N[C@H](CO)c2ccccc2)c1. The number of amides is 1. The molecule has 174 valence electrons. The van der Waals surface area contributed by atoms with Gasteiger partial charge in [-0.1, -0.05) is 42.5 Å². The average Bonchev–Trinajstić information content (AvgIpc) is 3.35. The molecular formula is C26H27N5O3. The monoisotopic (exact) mass is 457 g/mol. The molecule has 0 unspecified atom stereocenters. The van der Waals surface area contributed by atoms with Gasteiger partial charge in [0.1, 0.15) is 5.69 Å². The van der Waals surface area contributed by atoms with Crippen LogP contribution >= 0.6 is 0 Å². The smallest absolute Gasteiger partial charge is 0.268 e. The molecule has 2 aromatic carbocycles. The van der Waals surface area contributed by atoms with E-state index in [0.717, 1.165) is 33.5 Å². The first kappa shape index (κ1) is 23.2. The van der Waals surface area contributed by atoms with E-state index in [1.165, 1.54) is 0 Å². The van der Waals surface area contributed by atoms with Crippen LogP contribution in [0, 0.1) is 13.8 Å². The highest BCUT2D eigenvalue weighted by molar-refractivity contribution is 5.94. The summed E-state index contributed by atoms with van der Waals surface area (Å²) < 4.78 is 0. The summed E-state index contributed by atoms with van der Waals surface area (Å²) in [5, 5.41) is 25.3. The molecule has 34 heavy (non-hydrogen) atoms. The van der Waals surface area contributed by atoms with Crippen LogP contribution in [0.25, 0.3) is 11.3 Å². The lowest BCUT2D eigenvalue weighted by molar-refractivity contribution is 0.0911. The van der Waals surface area contributed by atoms with E-state index in [0.29, 0.717) is 17.3 Å². The minimum absolute atomic E-state index is 0.0447. The van der Waals surface area contributed by atoms with Crippen molar-refractivity contribution in [2.24, 2.45) is 0 Å². The molecule has 0 saturated carbocycles. The molecule has 2 aromatic heterocycles. The topological polar surface area (TPSA) is 123 Å². The number of aliphatic hydroxyl groups is 2. The molecule has 0 radical (unpaired) electrons. The molecule has 5 N–H and O–H groups in total. The van der Waals surface area contributed by atoms with Crippen LogP contribution in [-0.2, 0) is 6.61 Å². The van der Waals surface area contributed by atoms with Crippen LogP contribution in [0.3, 0.4) is 0 Å². The number of carbonyl (C=O) groups is 1. The number of nitrogens with one attached hydrogen (secondary N) is 3. The van der Waals surface area contributed by atoms with E-state index < -0.39 is 6.04 Å². The summed E-state index contributed by atoms with van der Waals surface area (Å²) >= 11 is 0. The van der Waals surface area contributed by atoms with Crippen molar-refractivity contribution in [3.63, 3.8) is 0 Å². The Morgan fingerprint density at radius 1 is 1.09 bits per heavy atom. The van der Waals surface area contributed by atoms with Gasteiger partial charge in [0, 0.05) is 23.6 Å². The number of carbonyl (C=O) groups excluding carboxylic acids is 1. The summed E-state index contributed by atoms with van der Waals surface area (Å²) in [6.07, 6.45) is 3.45. The molecule has 0 aliphatic rings.